The second kappa shape index (κ2) is 14.1. The predicted octanol–water partition coefficient (Wildman–Crippen LogP) is 13.8. The molecule has 3 heteroatoms. The number of benzene rings is 9. The third kappa shape index (κ3) is 6.10. The summed E-state index contributed by atoms with van der Waals surface area (Å²) in [5, 5.41) is 13.7. The number of hydrogen-bond acceptors (Lipinski definition) is 3. The maximum Gasteiger partial charge on any atom is 0.134 e. The van der Waals surface area contributed by atoms with Gasteiger partial charge in [-0.15, -0.1) is 0 Å². The lowest BCUT2D eigenvalue weighted by Crippen LogP contribution is -2.31. The van der Waals surface area contributed by atoms with E-state index in [0.29, 0.717) is 0 Å². The molecule has 0 fully saturated rings. The van der Waals surface area contributed by atoms with Crippen LogP contribution in [0.4, 0.5) is 0 Å². The van der Waals surface area contributed by atoms with Crippen molar-refractivity contribution in [3.8, 4) is 33.4 Å². The second-order valence-electron chi connectivity index (χ2n) is 15.1. The highest BCUT2D eigenvalue weighted by atomic mass is 15.0. The summed E-state index contributed by atoms with van der Waals surface area (Å²) in [6.07, 6.45) is 6.15. The van der Waals surface area contributed by atoms with E-state index in [2.05, 4.69) is 211 Å². The van der Waals surface area contributed by atoms with Gasteiger partial charge in [0.25, 0.3) is 0 Å². The van der Waals surface area contributed by atoms with Gasteiger partial charge in [0.15, 0.2) is 0 Å². The van der Waals surface area contributed by atoms with Gasteiger partial charge in [-0.05, 0) is 107 Å². The highest BCUT2D eigenvalue weighted by Gasteiger charge is 2.21. The summed E-state index contributed by atoms with van der Waals surface area (Å²) >= 11 is 0. The zero-order chi connectivity index (χ0) is 38.4. The normalized spacial score (nSPS) is 14.0. The van der Waals surface area contributed by atoms with Crippen LogP contribution < -0.4 is 5.32 Å². The van der Waals surface area contributed by atoms with Crippen LogP contribution in [0.5, 0.6) is 0 Å². The molecule has 0 radical (unpaired) electrons. The first-order valence-corrected chi connectivity index (χ1v) is 19.8. The Labute approximate surface area is 337 Å². The van der Waals surface area contributed by atoms with Crippen LogP contribution in [0.2, 0.25) is 0 Å². The number of fused-ring (bicyclic) bond motifs is 5. The fourth-order valence-electron chi connectivity index (χ4n) is 8.60. The number of nitrogens with zero attached hydrogens (tertiary/aromatic N) is 2. The number of nitrogens with one attached hydrogen (secondary N) is 1. The molecule has 272 valence electrons. The maximum atomic E-state index is 5.37. The smallest absolute Gasteiger partial charge is 0.134 e. The number of pyridine rings is 1. The molecule has 0 bridgehead atoms. The van der Waals surface area contributed by atoms with Crippen LogP contribution in [0.1, 0.15) is 22.7 Å². The van der Waals surface area contributed by atoms with E-state index < -0.39 is 0 Å². The Bertz CT molecular complexity index is 3260. The van der Waals surface area contributed by atoms with E-state index in [1.54, 1.807) is 0 Å². The molecule has 1 N–H and O–H groups in total. The Kier molecular flexibility index (Phi) is 8.22. The van der Waals surface area contributed by atoms with Gasteiger partial charge in [-0.1, -0.05) is 170 Å². The Hall–Kier alpha value is -7.62. The number of aromatic nitrogens is 1. The van der Waals surface area contributed by atoms with Crippen LogP contribution in [-0.2, 0) is 0 Å². The van der Waals surface area contributed by atoms with Gasteiger partial charge < -0.3 is 5.32 Å². The molecule has 1 aromatic heterocycles. The van der Waals surface area contributed by atoms with Gasteiger partial charge in [-0.3, -0.25) is 4.98 Å². The van der Waals surface area contributed by atoms with E-state index in [1.165, 1.54) is 60.0 Å². The van der Waals surface area contributed by atoms with Crippen LogP contribution >= 0.6 is 0 Å². The number of hydrogen-bond donors (Lipinski definition) is 1. The minimum atomic E-state index is -0.116. The topological polar surface area (TPSA) is 37.3 Å². The van der Waals surface area contributed by atoms with Crippen LogP contribution in [-0.4, -0.2) is 10.8 Å². The minimum absolute atomic E-state index is 0.116. The zero-order valence-electron chi connectivity index (χ0n) is 31.7. The number of amidine groups is 1. The monoisotopic (exact) mass is 739 g/mol. The SMILES string of the molecule is C1=C(c2ccc(-c3cncc4ccccc34)cc2)N=C(c2cccc(-c3cc4ccccc4c4ccccc34)c2)NC1c1cccc(-c2ccc3ccccc3c2)c1. The predicted molar refractivity (Wildman–Crippen MR) is 244 cm³/mol. The van der Waals surface area contributed by atoms with Gasteiger partial charge in [0, 0.05) is 28.9 Å². The molecule has 1 aliphatic rings. The molecule has 0 spiro atoms. The van der Waals surface area contributed by atoms with E-state index in [0.717, 1.165) is 44.7 Å². The molecular weight excluding hydrogens is 703 g/mol. The van der Waals surface area contributed by atoms with Crippen molar-refractivity contribution in [1.29, 1.82) is 0 Å². The van der Waals surface area contributed by atoms with Gasteiger partial charge in [-0.2, -0.15) is 0 Å². The lowest BCUT2D eigenvalue weighted by atomic mass is 9.92. The molecule has 3 nitrogen and oxygen atoms in total. The summed E-state index contributed by atoms with van der Waals surface area (Å²) in [7, 11) is 0. The lowest BCUT2D eigenvalue weighted by Gasteiger charge is -2.25. The quantitative estimate of drug-likeness (QED) is 0.172. The van der Waals surface area contributed by atoms with Crippen LogP contribution in [0.3, 0.4) is 0 Å². The first-order valence-electron chi connectivity index (χ1n) is 19.8. The molecule has 1 unspecified atom stereocenters. The summed E-state index contributed by atoms with van der Waals surface area (Å²) in [6.45, 7) is 0. The Morgan fingerprint density at radius 3 is 1.86 bits per heavy atom. The number of aliphatic imine (C=N–C) groups is 1. The van der Waals surface area contributed by atoms with Crippen molar-refractivity contribution >= 4 is 54.6 Å². The molecule has 0 amide bonds. The maximum absolute atomic E-state index is 5.37. The Morgan fingerprint density at radius 2 is 1.00 bits per heavy atom. The van der Waals surface area contributed by atoms with Gasteiger partial charge in [0.2, 0.25) is 0 Å². The molecule has 11 rings (SSSR count). The summed E-state index contributed by atoms with van der Waals surface area (Å²) < 4.78 is 0. The first-order chi connectivity index (χ1) is 28.7. The molecule has 0 saturated carbocycles. The summed E-state index contributed by atoms with van der Waals surface area (Å²) in [4.78, 5) is 9.92. The van der Waals surface area contributed by atoms with Crippen molar-refractivity contribution in [3.63, 3.8) is 0 Å². The van der Waals surface area contributed by atoms with E-state index in [4.69, 9.17) is 4.99 Å². The highest BCUT2D eigenvalue weighted by Crippen LogP contribution is 2.37. The van der Waals surface area contributed by atoms with Crippen molar-refractivity contribution in [3.05, 3.63) is 229 Å². The van der Waals surface area contributed by atoms with Crippen molar-refractivity contribution in [2.75, 3.05) is 0 Å². The molecule has 2 heterocycles. The molecule has 10 aromatic rings. The van der Waals surface area contributed by atoms with E-state index in [-0.39, 0.29) is 6.04 Å². The average molecular weight is 740 g/mol. The zero-order valence-corrected chi connectivity index (χ0v) is 31.7. The molecule has 1 atom stereocenters. The molecule has 0 saturated heterocycles. The highest BCUT2D eigenvalue weighted by molar-refractivity contribution is 6.14. The van der Waals surface area contributed by atoms with Crippen LogP contribution in [0.15, 0.2) is 218 Å². The second-order valence-corrected chi connectivity index (χ2v) is 15.1. The first kappa shape index (κ1) is 33.7. The fourth-order valence-corrected chi connectivity index (χ4v) is 8.60. The summed E-state index contributed by atoms with van der Waals surface area (Å²) in [5.41, 5.74) is 11.2. The Balaban J connectivity index is 1.01. The van der Waals surface area contributed by atoms with Gasteiger partial charge in [-0.25, -0.2) is 4.99 Å². The Morgan fingerprint density at radius 1 is 0.362 bits per heavy atom. The van der Waals surface area contributed by atoms with E-state index >= 15 is 0 Å². The van der Waals surface area contributed by atoms with Crippen molar-refractivity contribution < 1.29 is 0 Å². The summed E-state index contributed by atoms with van der Waals surface area (Å²) in [5.74, 6) is 0.841. The van der Waals surface area contributed by atoms with Gasteiger partial charge >= 0.3 is 0 Å². The van der Waals surface area contributed by atoms with Crippen LogP contribution in [0, 0.1) is 0 Å². The lowest BCUT2D eigenvalue weighted by molar-refractivity contribution is 0.781. The van der Waals surface area contributed by atoms with Crippen molar-refractivity contribution in [2.24, 2.45) is 4.99 Å². The number of rotatable bonds is 6. The van der Waals surface area contributed by atoms with Crippen LogP contribution in [0.25, 0.3) is 82.2 Å². The van der Waals surface area contributed by atoms with Gasteiger partial charge in [0.05, 0.1) is 11.7 Å². The van der Waals surface area contributed by atoms with Crippen molar-refractivity contribution in [1.82, 2.24) is 10.3 Å². The standard InChI is InChI=1S/C55H37N3/c1-2-12-39-29-41(28-23-36(39)11-1)40-15-9-17-44(30-40)54-33-53(38-26-24-37(25-27-38)52-35-56-34-46-14-4-6-20-48(46)52)57-55(58-54)45-18-10-16-42(31-45)51-32-43-13-3-5-19-47(43)49-21-7-8-22-50(49)51/h1-35,54H,(H,57,58). The molecule has 9 aromatic carbocycles. The molecular formula is C55H37N3. The van der Waals surface area contributed by atoms with Gasteiger partial charge in [0.1, 0.15) is 5.84 Å². The molecule has 0 aliphatic carbocycles. The average Bonchev–Trinajstić information content (AvgIpc) is 3.31. The molecule has 1 aliphatic heterocycles. The fraction of sp³-hybridized carbons (Fsp3) is 0.0182. The third-order valence-electron chi connectivity index (χ3n) is 11.6. The summed E-state index contributed by atoms with van der Waals surface area (Å²) in [6, 6.07) is 69.7. The molecule has 58 heavy (non-hydrogen) atoms. The van der Waals surface area contributed by atoms with Crippen molar-refractivity contribution in [2.45, 2.75) is 6.04 Å². The van der Waals surface area contributed by atoms with E-state index in [9.17, 15) is 0 Å². The minimum Gasteiger partial charge on any atom is -0.359 e. The van der Waals surface area contributed by atoms with E-state index in [1.807, 2.05) is 12.4 Å². The third-order valence-corrected chi connectivity index (χ3v) is 11.6. The largest absolute Gasteiger partial charge is 0.359 e.